The number of ether oxygens (including phenoxy) is 1. The molecule has 0 aliphatic carbocycles. The van der Waals surface area contributed by atoms with Crippen LogP contribution >= 0.6 is 15.9 Å². The average molecular weight is 309 g/mol. The molecule has 0 aliphatic heterocycles. The summed E-state index contributed by atoms with van der Waals surface area (Å²) in [4.78, 5) is 14.4. The number of para-hydroxylation sites is 1. The van der Waals surface area contributed by atoms with Gasteiger partial charge in [0.05, 0.1) is 16.7 Å². The van der Waals surface area contributed by atoms with Crippen LogP contribution in [0, 0.1) is 10.1 Å². The second-order valence-electron chi connectivity index (χ2n) is 3.49. The minimum atomic E-state index is -0.418. The summed E-state index contributed by atoms with van der Waals surface area (Å²) in [6.07, 6.45) is 1.55. The van der Waals surface area contributed by atoms with E-state index in [9.17, 15) is 10.1 Å². The third-order valence-electron chi connectivity index (χ3n) is 2.28. The fourth-order valence-electron chi connectivity index (χ4n) is 1.42. The lowest BCUT2D eigenvalue weighted by atomic mass is 10.2. The van der Waals surface area contributed by atoms with Crippen molar-refractivity contribution in [3.8, 4) is 5.75 Å². The number of halogens is 1. The molecule has 92 valence electrons. The van der Waals surface area contributed by atoms with Gasteiger partial charge in [0.1, 0.15) is 17.0 Å². The fourth-order valence-corrected chi connectivity index (χ4v) is 1.65. The quantitative estimate of drug-likeness (QED) is 0.493. The van der Waals surface area contributed by atoms with Crippen molar-refractivity contribution in [3.63, 3.8) is 0 Å². The van der Waals surface area contributed by atoms with Crippen molar-refractivity contribution < 1.29 is 9.66 Å². The van der Waals surface area contributed by atoms with E-state index < -0.39 is 4.92 Å². The van der Waals surface area contributed by atoms with Crippen LogP contribution in [0.4, 0.5) is 5.69 Å². The van der Waals surface area contributed by atoms with Crippen LogP contribution in [0.2, 0.25) is 0 Å². The van der Waals surface area contributed by atoms with Gasteiger partial charge < -0.3 is 4.74 Å². The molecule has 6 heteroatoms. The first-order valence-corrected chi connectivity index (χ1v) is 5.93. The summed E-state index contributed by atoms with van der Waals surface area (Å²) in [5.41, 5.74) is 0.591. The number of pyridine rings is 1. The Morgan fingerprint density at radius 3 is 2.72 bits per heavy atom. The summed E-state index contributed by atoms with van der Waals surface area (Å²) in [6.45, 7) is 0.139. The zero-order valence-electron chi connectivity index (χ0n) is 9.25. The van der Waals surface area contributed by atoms with E-state index in [1.165, 1.54) is 6.07 Å². The lowest BCUT2D eigenvalue weighted by Gasteiger charge is -2.06. The Labute approximate surface area is 112 Å². The number of hydrogen-bond acceptors (Lipinski definition) is 4. The largest absolute Gasteiger partial charge is 0.487 e. The Bertz CT molecular complexity index is 558. The van der Waals surface area contributed by atoms with Gasteiger partial charge in [0.15, 0.2) is 0 Å². The molecule has 0 saturated heterocycles. The van der Waals surface area contributed by atoms with Crippen LogP contribution in [0.25, 0.3) is 0 Å². The van der Waals surface area contributed by atoms with Gasteiger partial charge in [-0.25, -0.2) is 4.98 Å². The monoisotopic (exact) mass is 308 g/mol. The smallest absolute Gasteiger partial charge is 0.276 e. The molecule has 18 heavy (non-hydrogen) atoms. The number of benzene rings is 1. The fraction of sp³-hybridized carbons (Fsp3) is 0.0833. The van der Waals surface area contributed by atoms with Crippen molar-refractivity contribution in [3.05, 3.63) is 62.9 Å². The van der Waals surface area contributed by atoms with Crippen molar-refractivity contribution in [2.45, 2.75) is 6.61 Å². The Balaban J connectivity index is 2.10. The highest BCUT2D eigenvalue weighted by Crippen LogP contribution is 2.20. The highest BCUT2D eigenvalue weighted by molar-refractivity contribution is 9.10. The van der Waals surface area contributed by atoms with Crippen molar-refractivity contribution in [1.82, 2.24) is 4.98 Å². The van der Waals surface area contributed by atoms with E-state index in [-0.39, 0.29) is 12.3 Å². The minimum absolute atomic E-state index is 0.0579. The first kappa shape index (κ1) is 12.5. The molecular weight excluding hydrogens is 300 g/mol. The van der Waals surface area contributed by atoms with E-state index >= 15 is 0 Å². The number of nitro benzene ring substituents is 1. The number of nitrogens with zero attached hydrogens (tertiary/aromatic N) is 2. The van der Waals surface area contributed by atoms with E-state index in [4.69, 9.17) is 4.74 Å². The van der Waals surface area contributed by atoms with Crippen LogP contribution in [-0.4, -0.2) is 9.91 Å². The summed E-state index contributed by atoms with van der Waals surface area (Å²) in [5.74, 6) is 0.566. The maximum absolute atomic E-state index is 10.8. The first-order valence-electron chi connectivity index (χ1n) is 5.13. The number of rotatable bonds is 4. The second-order valence-corrected chi connectivity index (χ2v) is 4.30. The Kier molecular flexibility index (Phi) is 3.88. The van der Waals surface area contributed by atoms with Crippen LogP contribution in [0.1, 0.15) is 5.56 Å². The van der Waals surface area contributed by atoms with Gasteiger partial charge in [-0.05, 0) is 34.1 Å². The molecule has 0 unspecified atom stereocenters. The molecular formula is C12H9BrN2O3. The van der Waals surface area contributed by atoms with Crippen molar-refractivity contribution >= 4 is 21.6 Å². The SMILES string of the molecule is O=[N+]([O-])c1ccccc1COc1ccc(Br)nc1. The van der Waals surface area contributed by atoms with Crippen LogP contribution in [0.5, 0.6) is 5.75 Å². The Morgan fingerprint density at radius 1 is 1.28 bits per heavy atom. The molecule has 0 atom stereocenters. The molecule has 0 aliphatic rings. The van der Waals surface area contributed by atoms with Gasteiger partial charge in [-0.15, -0.1) is 0 Å². The average Bonchev–Trinajstić information content (AvgIpc) is 2.38. The van der Waals surface area contributed by atoms with E-state index in [0.717, 1.165) is 0 Å². The third-order valence-corrected chi connectivity index (χ3v) is 2.75. The lowest BCUT2D eigenvalue weighted by molar-refractivity contribution is -0.385. The van der Waals surface area contributed by atoms with Crippen molar-refractivity contribution in [1.29, 1.82) is 0 Å². The molecule has 1 aromatic carbocycles. The molecule has 0 amide bonds. The van der Waals surface area contributed by atoms with Crippen LogP contribution in [0.3, 0.4) is 0 Å². The number of aromatic nitrogens is 1. The summed E-state index contributed by atoms with van der Waals surface area (Å²) in [5, 5.41) is 10.8. The van der Waals surface area contributed by atoms with Crippen LogP contribution in [0.15, 0.2) is 47.2 Å². The van der Waals surface area contributed by atoms with E-state index in [2.05, 4.69) is 20.9 Å². The molecule has 2 rings (SSSR count). The van der Waals surface area contributed by atoms with Crippen molar-refractivity contribution in [2.75, 3.05) is 0 Å². The molecule has 1 aromatic heterocycles. The second kappa shape index (κ2) is 5.59. The zero-order valence-corrected chi connectivity index (χ0v) is 10.8. The summed E-state index contributed by atoms with van der Waals surface area (Å²) in [6, 6.07) is 9.98. The molecule has 0 bridgehead atoms. The predicted octanol–water partition coefficient (Wildman–Crippen LogP) is 3.33. The normalized spacial score (nSPS) is 10.1. The molecule has 0 spiro atoms. The summed E-state index contributed by atoms with van der Waals surface area (Å²) < 4.78 is 6.16. The van der Waals surface area contributed by atoms with E-state index in [1.54, 1.807) is 36.5 Å². The third kappa shape index (κ3) is 3.04. The molecule has 0 radical (unpaired) electrons. The maximum atomic E-state index is 10.8. The highest BCUT2D eigenvalue weighted by atomic mass is 79.9. The van der Waals surface area contributed by atoms with Crippen LogP contribution in [-0.2, 0) is 6.61 Å². The molecule has 0 N–H and O–H groups in total. The molecule has 2 aromatic rings. The summed E-state index contributed by atoms with van der Waals surface area (Å²) >= 11 is 3.22. The molecule has 0 fully saturated rings. The van der Waals surface area contributed by atoms with Gasteiger partial charge in [0.2, 0.25) is 0 Å². The van der Waals surface area contributed by atoms with Gasteiger partial charge in [-0.3, -0.25) is 10.1 Å². The Hall–Kier alpha value is -1.95. The Morgan fingerprint density at radius 2 is 2.06 bits per heavy atom. The highest BCUT2D eigenvalue weighted by Gasteiger charge is 2.12. The predicted molar refractivity (Wildman–Crippen MR) is 69.4 cm³/mol. The molecule has 5 nitrogen and oxygen atoms in total. The van der Waals surface area contributed by atoms with Crippen LogP contribution < -0.4 is 4.74 Å². The van der Waals surface area contributed by atoms with Crippen molar-refractivity contribution in [2.24, 2.45) is 0 Å². The maximum Gasteiger partial charge on any atom is 0.276 e. The minimum Gasteiger partial charge on any atom is -0.487 e. The molecule has 1 heterocycles. The first-order chi connectivity index (χ1) is 8.66. The van der Waals surface area contributed by atoms with Gasteiger partial charge >= 0.3 is 0 Å². The molecule has 0 saturated carbocycles. The summed E-state index contributed by atoms with van der Waals surface area (Å²) in [7, 11) is 0. The van der Waals surface area contributed by atoms with Gasteiger partial charge in [0.25, 0.3) is 5.69 Å². The zero-order chi connectivity index (χ0) is 13.0. The van der Waals surface area contributed by atoms with Gasteiger partial charge in [0, 0.05) is 6.07 Å². The topological polar surface area (TPSA) is 65.3 Å². The van der Waals surface area contributed by atoms with Gasteiger partial charge in [-0.2, -0.15) is 0 Å². The number of hydrogen-bond donors (Lipinski definition) is 0. The lowest BCUT2D eigenvalue weighted by Crippen LogP contribution is -2.00. The van der Waals surface area contributed by atoms with E-state index in [0.29, 0.717) is 15.9 Å². The standard InChI is InChI=1S/C12H9BrN2O3/c13-12-6-5-10(7-14-12)18-8-9-3-1-2-4-11(9)15(16)17/h1-7H,8H2. The number of nitro groups is 1. The van der Waals surface area contributed by atoms with Gasteiger partial charge in [-0.1, -0.05) is 12.1 Å². The van der Waals surface area contributed by atoms with E-state index in [1.807, 2.05) is 0 Å².